The van der Waals surface area contributed by atoms with E-state index in [1.807, 2.05) is 12.1 Å². The maximum Gasteiger partial charge on any atom is 0.0931 e. The van der Waals surface area contributed by atoms with Crippen LogP contribution >= 0.6 is 22.9 Å². The van der Waals surface area contributed by atoms with Crippen LogP contribution in [0.5, 0.6) is 0 Å². The van der Waals surface area contributed by atoms with Gasteiger partial charge in [-0.15, -0.1) is 11.3 Å². The Labute approximate surface area is 101 Å². The van der Waals surface area contributed by atoms with Gasteiger partial charge in [0.1, 0.15) is 0 Å². The third kappa shape index (κ3) is 6.15. The van der Waals surface area contributed by atoms with Crippen molar-refractivity contribution in [3.8, 4) is 0 Å². The second-order valence-corrected chi connectivity index (χ2v) is 6.14. The van der Waals surface area contributed by atoms with Crippen molar-refractivity contribution >= 4 is 22.9 Å². The standard InChI is InChI=1S/C11H18ClNOS/c1-11(2,3)14-7-6-13-8-9-4-5-10(12)15-9/h4-5,13H,6-8H2,1-3H3. The lowest BCUT2D eigenvalue weighted by Gasteiger charge is -2.19. The molecule has 0 saturated carbocycles. The second kappa shape index (κ2) is 5.85. The van der Waals surface area contributed by atoms with Gasteiger partial charge in [-0.3, -0.25) is 0 Å². The number of halogens is 1. The molecular formula is C11H18ClNOS. The molecule has 0 aliphatic rings. The quantitative estimate of drug-likeness (QED) is 0.807. The molecule has 86 valence electrons. The minimum absolute atomic E-state index is 0.0477. The summed E-state index contributed by atoms with van der Waals surface area (Å²) >= 11 is 7.44. The average molecular weight is 248 g/mol. The lowest BCUT2D eigenvalue weighted by atomic mass is 10.2. The van der Waals surface area contributed by atoms with Gasteiger partial charge in [-0.25, -0.2) is 0 Å². The Morgan fingerprint density at radius 2 is 2.13 bits per heavy atom. The van der Waals surface area contributed by atoms with E-state index in [9.17, 15) is 0 Å². The molecule has 0 bridgehead atoms. The number of ether oxygens (including phenoxy) is 1. The zero-order valence-corrected chi connectivity index (χ0v) is 11.0. The van der Waals surface area contributed by atoms with Crippen molar-refractivity contribution in [2.24, 2.45) is 0 Å². The molecule has 15 heavy (non-hydrogen) atoms. The highest BCUT2D eigenvalue weighted by atomic mass is 35.5. The van der Waals surface area contributed by atoms with E-state index < -0.39 is 0 Å². The van der Waals surface area contributed by atoms with Gasteiger partial charge < -0.3 is 10.1 Å². The van der Waals surface area contributed by atoms with Crippen LogP contribution in [0.4, 0.5) is 0 Å². The van der Waals surface area contributed by atoms with Gasteiger partial charge in [0.2, 0.25) is 0 Å². The molecule has 0 fully saturated rings. The highest BCUT2D eigenvalue weighted by Crippen LogP contribution is 2.20. The van der Waals surface area contributed by atoms with Crippen LogP contribution in [0, 0.1) is 0 Å². The number of rotatable bonds is 5. The first-order valence-corrected chi connectivity index (χ1v) is 6.26. The lowest BCUT2D eigenvalue weighted by molar-refractivity contribution is -0.000868. The summed E-state index contributed by atoms with van der Waals surface area (Å²) in [6, 6.07) is 3.97. The molecule has 1 heterocycles. The van der Waals surface area contributed by atoms with Crippen LogP contribution in [0.3, 0.4) is 0 Å². The molecule has 1 N–H and O–H groups in total. The van der Waals surface area contributed by atoms with Crippen molar-refractivity contribution in [1.82, 2.24) is 5.32 Å². The van der Waals surface area contributed by atoms with E-state index in [0.29, 0.717) is 0 Å². The molecule has 0 aliphatic carbocycles. The Kier molecular flexibility index (Phi) is 5.06. The summed E-state index contributed by atoms with van der Waals surface area (Å²) in [5.74, 6) is 0. The van der Waals surface area contributed by atoms with Gasteiger partial charge in [-0.2, -0.15) is 0 Å². The maximum atomic E-state index is 5.83. The molecule has 0 atom stereocenters. The molecule has 1 aromatic rings. The molecule has 0 unspecified atom stereocenters. The molecule has 0 aromatic carbocycles. The maximum absolute atomic E-state index is 5.83. The van der Waals surface area contributed by atoms with Gasteiger partial charge in [-0.1, -0.05) is 11.6 Å². The van der Waals surface area contributed by atoms with E-state index in [0.717, 1.165) is 24.0 Å². The molecule has 2 nitrogen and oxygen atoms in total. The van der Waals surface area contributed by atoms with Crippen molar-refractivity contribution in [2.75, 3.05) is 13.2 Å². The summed E-state index contributed by atoms with van der Waals surface area (Å²) in [6.07, 6.45) is 0. The third-order valence-electron chi connectivity index (χ3n) is 1.74. The van der Waals surface area contributed by atoms with Gasteiger partial charge in [0.15, 0.2) is 0 Å². The van der Waals surface area contributed by atoms with E-state index in [2.05, 4.69) is 26.1 Å². The van der Waals surface area contributed by atoms with E-state index >= 15 is 0 Å². The number of nitrogens with one attached hydrogen (secondary N) is 1. The minimum atomic E-state index is -0.0477. The van der Waals surface area contributed by atoms with Crippen LogP contribution in [0.1, 0.15) is 25.6 Å². The predicted octanol–water partition coefficient (Wildman–Crippen LogP) is 3.31. The number of hydrogen-bond donors (Lipinski definition) is 1. The fourth-order valence-electron chi connectivity index (χ4n) is 1.09. The predicted molar refractivity (Wildman–Crippen MR) is 66.7 cm³/mol. The molecule has 0 amide bonds. The molecular weight excluding hydrogens is 230 g/mol. The van der Waals surface area contributed by atoms with Crippen LogP contribution in [0.25, 0.3) is 0 Å². The molecule has 0 saturated heterocycles. The third-order valence-corrected chi connectivity index (χ3v) is 2.97. The SMILES string of the molecule is CC(C)(C)OCCNCc1ccc(Cl)s1. The first-order valence-electron chi connectivity index (χ1n) is 5.06. The van der Waals surface area contributed by atoms with Gasteiger partial charge in [0.25, 0.3) is 0 Å². The van der Waals surface area contributed by atoms with E-state index in [1.54, 1.807) is 11.3 Å². The summed E-state index contributed by atoms with van der Waals surface area (Å²) in [4.78, 5) is 1.26. The minimum Gasteiger partial charge on any atom is -0.375 e. The summed E-state index contributed by atoms with van der Waals surface area (Å²) in [5.41, 5.74) is -0.0477. The fraction of sp³-hybridized carbons (Fsp3) is 0.636. The zero-order chi connectivity index (χ0) is 11.3. The van der Waals surface area contributed by atoms with Gasteiger partial charge in [0.05, 0.1) is 16.5 Å². The fourth-order valence-corrected chi connectivity index (χ4v) is 2.14. The molecule has 1 rings (SSSR count). The Bertz CT molecular complexity index is 293. The largest absolute Gasteiger partial charge is 0.375 e. The van der Waals surface area contributed by atoms with Crippen molar-refractivity contribution in [3.05, 3.63) is 21.3 Å². The smallest absolute Gasteiger partial charge is 0.0931 e. The Morgan fingerprint density at radius 3 is 2.67 bits per heavy atom. The van der Waals surface area contributed by atoms with Crippen LogP contribution in [0.15, 0.2) is 12.1 Å². The summed E-state index contributed by atoms with van der Waals surface area (Å²) in [7, 11) is 0. The van der Waals surface area contributed by atoms with E-state index in [1.165, 1.54) is 4.88 Å². The van der Waals surface area contributed by atoms with Crippen LogP contribution < -0.4 is 5.32 Å². The Balaban J connectivity index is 2.07. The average Bonchev–Trinajstić information content (AvgIpc) is 2.49. The van der Waals surface area contributed by atoms with E-state index in [-0.39, 0.29) is 5.60 Å². The van der Waals surface area contributed by atoms with Gasteiger partial charge in [0, 0.05) is 18.0 Å². The van der Waals surface area contributed by atoms with Crippen LogP contribution in [-0.4, -0.2) is 18.8 Å². The lowest BCUT2D eigenvalue weighted by Crippen LogP contribution is -2.26. The number of hydrogen-bond acceptors (Lipinski definition) is 3. The highest BCUT2D eigenvalue weighted by Gasteiger charge is 2.08. The van der Waals surface area contributed by atoms with Gasteiger partial charge >= 0.3 is 0 Å². The van der Waals surface area contributed by atoms with Crippen molar-refractivity contribution < 1.29 is 4.74 Å². The van der Waals surface area contributed by atoms with Gasteiger partial charge in [-0.05, 0) is 32.9 Å². The Morgan fingerprint density at radius 1 is 1.40 bits per heavy atom. The van der Waals surface area contributed by atoms with Crippen LogP contribution in [-0.2, 0) is 11.3 Å². The molecule has 0 aliphatic heterocycles. The first-order chi connectivity index (χ1) is 6.97. The molecule has 0 radical (unpaired) electrons. The second-order valence-electron chi connectivity index (χ2n) is 4.34. The molecule has 4 heteroatoms. The van der Waals surface area contributed by atoms with Crippen molar-refractivity contribution in [2.45, 2.75) is 32.9 Å². The number of thiophene rings is 1. The summed E-state index contributed by atoms with van der Waals surface area (Å²) < 4.78 is 6.43. The highest BCUT2D eigenvalue weighted by molar-refractivity contribution is 7.16. The monoisotopic (exact) mass is 247 g/mol. The van der Waals surface area contributed by atoms with Crippen LogP contribution in [0.2, 0.25) is 4.34 Å². The topological polar surface area (TPSA) is 21.3 Å². The first kappa shape index (κ1) is 13.0. The van der Waals surface area contributed by atoms with E-state index in [4.69, 9.17) is 16.3 Å². The summed E-state index contributed by atoms with van der Waals surface area (Å²) in [6.45, 7) is 8.66. The Hall–Kier alpha value is -0.0900. The molecule has 1 aromatic heterocycles. The van der Waals surface area contributed by atoms with Crippen molar-refractivity contribution in [1.29, 1.82) is 0 Å². The zero-order valence-electron chi connectivity index (χ0n) is 9.47. The van der Waals surface area contributed by atoms with Crippen molar-refractivity contribution in [3.63, 3.8) is 0 Å². The normalized spacial score (nSPS) is 12.0. The summed E-state index contributed by atoms with van der Waals surface area (Å²) in [5, 5.41) is 3.31. The molecule has 0 spiro atoms.